The maximum atomic E-state index is 13.7. The number of hydrogen-bond donors (Lipinski definition) is 0. The fourth-order valence-electron chi connectivity index (χ4n) is 3.96. The molecule has 0 amide bonds. The summed E-state index contributed by atoms with van der Waals surface area (Å²) in [6.45, 7) is 3.12. The van der Waals surface area contributed by atoms with Crippen molar-refractivity contribution in [2.75, 3.05) is 31.1 Å². The first kappa shape index (κ1) is 17.0. The number of anilines is 2. The lowest BCUT2D eigenvalue weighted by molar-refractivity contribution is -0.156. The minimum atomic E-state index is -0.325. The van der Waals surface area contributed by atoms with Gasteiger partial charge in [-0.05, 0) is 62.2 Å². The van der Waals surface area contributed by atoms with Crippen LogP contribution in [0.1, 0.15) is 12.8 Å². The molecule has 5 rings (SSSR count). The molecule has 3 saturated heterocycles. The number of carbonyl (C=O) groups is 1. The van der Waals surface area contributed by atoms with E-state index in [2.05, 4.69) is 4.90 Å². The molecular formula is C21H23FN2O2. The molecule has 5 heteroatoms. The fraction of sp³-hybridized carbons (Fsp3) is 0.381. The summed E-state index contributed by atoms with van der Waals surface area (Å²) in [4.78, 5) is 16.8. The normalized spacial score (nSPS) is 24.3. The highest BCUT2D eigenvalue weighted by Gasteiger charge is 2.36. The first-order valence-electron chi connectivity index (χ1n) is 9.19. The van der Waals surface area contributed by atoms with Crippen LogP contribution in [0, 0.1) is 11.7 Å². The van der Waals surface area contributed by atoms with Crippen molar-refractivity contribution < 1.29 is 13.9 Å². The summed E-state index contributed by atoms with van der Waals surface area (Å²) in [7, 11) is 0. The largest absolute Gasteiger partial charge is 0.459 e. The molecule has 2 bridgehead atoms. The first-order valence-corrected chi connectivity index (χ1v) is 9.19. The lowest BCUT2D eigenvalue weighted by Crippen LogP contribution is -2.52. The van der Waals surface area contributed by atoms with Crippen molar-refractivity contribution in [1.29, 1.82) is 0 Å². The Labute approximate surface area is 153 Å². The van der Waals surface area contributed by atoms with Crippen LogP contribution >= 0.6 is 0 Å². The summed E-state index contributed by atoms with van der Waals surface area (Å²) in [5, 5.41) is 0. The lowest BCUT2D eigenvalue weighted by Gasteiger charge is -2.44. The van der Waals surface area contributed by atoms with Gasteiger partial charge in [0.2, 0.25) is 0 Å². The monoisotopic (exact) mass is 354 g/mol. The molecule has 3 fully saturated rings. The second-order valence-corrected chi connectivity index (χ2v) is 7.07. The Balaban J connectivity index is 1.50. The molecule has 4 nitrogen and oxygen atoms in total. The fourth-order valence-corrected chi connectivity index (χ4v) is 3.96. The molecule has 0 saturated carbocycles. The van der Waals surface area contributed by atoms with Gasteiger partial charge in [0.05, 0.1) is 0 Å². The number of halogens is 1. The van der Waals surface area contributed by atoms with E-state index in [9.17, 15) is 9.18 Å². The van der Waals surface area contributed by atoms with Crippen molar-refractivity contribution in [3.8, 4) is 0 Å². The van der Waals surface area contributed by atoms with Gasteiger partial charge < -0.3 is 9.64 Å². The van der Waals surface area contributed by atoms with Gasteiger partial charge in [-0.3, -0.25) is 9.69 Å². The maximum Gasteiger partial charge on any atom is 0.326 e. The van der Waals surface area contributed by atoms with E-state index in [1.807, 2.05) is 30.3 Å². The topological polar surface area (TPSA) is 32.8 Å². The van der Waals surface area contributed by atoms with Crippen molar-refractivity contribution in [2.45, 2.75) is 18.9 Å². The standard InChI is InChI=1S/C21H23FN2O2/c22-17-5-4-8-19(13-17)24(18-6-2-1-3-7-18)15-21(25)26-20-14-23-11-9-16(20)10-12-23/h1-8,13,16,20H,9-12,14-15H2/t20-/m0/s1. The Bertz CT molecular complexity index is 760. The summed E-state index contributed by atoms with van der Waals surface area (Å²) < 4.78 is 19.5. The number of piperidine rings is 3. The molecule has 0 radical (unpaired) electrons. The third kappa shape index (κ3) is 3.73. The third-order valence-corrected chi connectivity index (χ3v) is 5.35. The molecule has 3 aliphatic heterocycles. The zero-order valence-electron chi connectivity index (χ0n) is 14.7. The van der Waals surface area contributed by atoms with E-state index in [-0.39, 0.29) is 24.4 Å². The van der Waals surface area contributed by atoms with Crippen molar-refractivity contribution in [3.63, 3.8) is 0 Å². The zero-order chi connectivity index (χ0) is 17.9. The highest BCUT2D eigenvalue weighted by atomic mass is 19.1. The number of hydrogen-bond acceptors (Lipinski definition) is 4. The number of benzene rings is 2. The molecular weight excluding hydrogens is 331 g/mol. The number of fused-ring (bicyclic) bond motifs is 3. The van der Waals surface area contributed by atoms with Crippen LogP contribution < -0.4 is 4.90 Å². The van der Waals surface area contributed by atoms with Gasteiger partial charge in [-0.25, -0.2) is 4.39 Å². The summed E-state index contributed by atoms with van der Waals surface area (Å²) in [6.07, 6.45) is 2.18. The summed E-state index contributed by atoms with van der Waals surface area (Å²) in [5.41, 5.74) is 1.48. The Morgan fingerprint density at radius 1 is 1.08 bits per heavy atom. The molecule has 2 aromatic carbocycles. The molecule has 3 aliphatic rings. The minimum absolute atomic E-state index is 0.0184. The molecule has 26 heavy (non-hydrogen) atoms. The second-order valence-electron chi connectivity index (χ2n) is 7.07. The quantitative estimate of drug-likeness (QED) is 0.768. The summed E-state index contributed by atoms with van der Waals surface area (Å²) in [6, 6.07) is 15.8. The minimum Gasteiger partial charge on any atom is -0.459 e. The number of nitrogens with zero attached hydrogens (tertiary/aromatic N) is 2. The van der Waals surface area contributed by atoms with Crippen LogP contribution in [-0.4, -0.2) is 43.2 Å². The van der Waals surface area contributed by atoms with Gasteiger partial charge >= 0.3 is 5.97 Å². The van der Waals surface area contributed by atoms with E-state index < -0.39 is 0 Å². The number of para-hydroxylation sites is 1. The Morgan fingerprint density at radius 3 is 2.46 bits per heavy atom. The summed E-state index contributed by atoms with van der Waals surface area (Å²) in [5.74, 6) is -0.116. The molecule has 2 aromatic rings. The van der Waals surface area contributed by atoms with Gasteiger partial charge in [0.25, 0.3) is 0 Å². The van der Waals surface area contributed by atoms with E-state index in [0.29, 0.717) is 11.6 Å². The van der Waals surface area contributed by atoms with E-state index in [1.165, 1.54) is 12.1 Å². The van der Waals surface area contributed by atoms with Crippen LogP contribution in [0.3, 0.4) is 0 Å². The predicted octanol–water partition coefficient (Wildman–Crippen LogP) is 3.60. The van der Waals surface area contributed by atoms with Crippen LogP contribution in [0.5, 0.6) is 0 Å². The van der Waals surface area contributed by atoms with Gasteiger partial charge in [0.1, 0.15) is 18.5 Å². The van der Waals surface area contributed by atoms with Crippen LogP contribution in [0.25, 0.3) is 0 Å². The third-order valence-electron chi connectivity index (χ3n) is 5.35. The maximum absolute atomic E-state index is 13.7. The highest BCUT2D eigenvalue weighted by Crippen LogP contribution is 2.30. The number of rotatable bonds is 5. The SMILES string of the molecule is O=C(CN(c1ccccc1)c1cccc(F)c1)O[C@H]1CN2CCC1CC2. The number of carbonyl (C=O) groups excluding carboxylic acids is 1. The number of esters is 1. The lowest BCUT2D eigenvalue weighted by atomic mass is 9.86. The number of ether oxygens (including phenoxy) is 1. The first-order chi connectivity index (χ1) is 12.7. The van der Waals surface area contributed by atoms with Crippen molar-refractivity contribution >= 4 is 17.3 Å². The van der Waals surface area contributed by atoms with E-state index in [4.69, 9.17) is 4.74 Å². The molecule has 0 N–H and O–H groups in total. The Hall–Kier alpha value is -2.40. The van der Waals surface area contributed by atoms with E-state index >= 15 is 0 Å². The van der Waals surface area contributed by atoms with Crippen molar-refractivity contribution in [3.05, 3.63) is 60.4 Å². The molecule has 0 aromatic heterocycles. The van der Waals surface area contributed by atoms with Gasteiger partial charge in [0.15, 0.2) is 0 Å². The average molecular weight is 354 g/mol. The highest BCUT2D eigenvalue weighted by molar-refractivity contribution is 5.80. The molecule has 3 heterocycles. The second kappa shape index (κ2) is 7.46. The van der Waals surface area contributed by atoms with E-state index in [0.717, 1.165) is 38.2 Å². The smallest absolute Gasteiger partial charge is 0.326 e. The molecule has 136 valence electrons. The van der Waals surface area contributed by atoms with Gasteiger partial charge in [-0.2, -0.15) is 0 Å². The van der Waals surface area contributed by atoms with Crippen molar-refractivity contribution in [2.24, 2.45) is 5.92 Å². The average Bonchev–Trinajstić information content (AvgIpc) is 2.68. The van der Waals surface area contributed by atoms with Crippen molar-refractivity contribution in [1.82, 2.24) is 4.90 Å². The Kier molecular flexibility index (Phi) is 4.89. The summed E-state index contributed by atoms with van der Waals surface area (Å²) >= 11 is 0. The van der Waals surface area contributed by atoms with Crippen LogP contribution in [0.15, 0.2) is 54.6 Å². The molecule has 0 unspecified atom stereocenters. The van der Waals surface area contributed by atoms with Crippen LogP contribution in [0.2, 0.25) is 0 Å². The van der Waals surface area contributed by atoms with Gasteiger partial charge in [-0.15, -0.1) is 0 Å². The van der Waals surface area contributed by atoms with Crippen LogP contribution in [0.4, 0.5) is 15.8 Å². The van der Waals surface area contributed by atoms with E-state index in [1.54, 1.807) is 17.0 Å². The molecule has 0 aliphatic carbocycles. The zero-order valence-corrected chi connectivity index (χ0v) is 14.7. The van der Waals surface area contributed by atoms with Gasteiger partial charge in [0, 0.05) is 17.9 Å². The Morgan fingerprint density at radius 2 is 1.81 bits per heavy atom. The molecule has 1 atom stereocenters. The van der Waals surface area contributed by atoms with Crippen LogP contribution in [-0.2, 0) is 9.53 Å². The van der Waals surface area contributed by atoms with Gasteiger partial charge in [-0.1, -0.05) is 24.3 Å². The molecule has 0 spiro atoms. The predicted molar refractivity (Wildman–Crippen MR) is 98.9 cm³/mol.